The summed E-state index contributed by atoms with van der Waals surface area (Å²) in [6.07, 6.45) is 12.5. The van der Waals surface area contributed by atoms with E-state index in [9.17, 15) is 0 Å². The van der Waals surface area contributed by atoms with E-state index in [1.807, 2.05) is 12.5 Å². The maximum Gasteiger partial charge on any atom is 0.0945 e. The first-order valence-corrected chi connectivity index (χ1v) is 10.0. The molecule has 0 N–H and O–H groups in total. The largest absolute Gasteiger partial charge is 0.337 e. The van der Waals surface area contributed by atoms with Crippen molar-refractivity contribution >= 4 is 10.8 Å². The van der Waals surface area contributed by atoms with E-state index in [-0.39, 0.29) is 0 Å². The smallest absolute Gasteiger partial charge is 0.0945 e. The second kappa shape index (κ2) is 7.26. The van der Waals surface area contributed by atoms with Gasteiger partial charge < -0.3 is 4.57 Å². The summed E-state index contributed by atoms with van der Waals surface area (Å²) in [7, 11) is 0. The van der Waals surface area contributed by atoms with Gasteiger partial charge in [0.15, 0.2) is 0 Å². The van der Waals surface area contributed by atoms with Gasteiger partial charge in [-0.25, -0.2) is 4.98 Å². The fourth-order valence-electron chi connectivity index (χ4n) is 4.80. The molecule has 0 aliphatic heterocycles. The molecule has 2 atom stereocenters. The molecule has 26 heavy (non-hydrogen) atoms. The molecule has 2 nitrogen and oxygen atoms in total. The van der Waals surface area contributed by atoms with Crippen LogP contribution >= 0.6 is 0 Å². The fraction of sp³-hybridized carbons (Fsp3) is 0.458. The van der Waals surface area contributed by atoms with E-state index < -0.39 is 0 Å². The molecule has 0 spiro atoms. The maximum atomic E-state index is 4.23. The highest BCUT2D eigenvalue weighted by Gasteiger charge is 2.34. The zero-order chi connectivity index (χ0) is 18.0. The molecule has 0 amide bonds. The normalized spacial score (nSPS) is 22.5. The number of hydrogen-bond donors (Lipinski definition) is 0. The van der Waals surface area contributed by atoms with Crippen LogP contribution in [0.25, 0.3) is 10.8 Å². The molecule has 1 fully saturated rings. The quantitative estimate of drug-likeness (QED) is 0.545. The van der Waals surface area contributed by atoms with Gasteiger partial charge in [-0.2, -0.15) is 0 Å². The molecule has 2 aromatic carbocycles. The summed E-state index contributed by atoms with van der Waals surface area (Å²) >= 11 is 0. The van der Waals surface area contributed by atoms with Crippen LogP contribution in [0.4, 0.5) is 0 Å². The van der Waals surface area contributed by atoms with Crippen LogP contribution in [0.3, 0.4) is 0 Å². The van der Waals surface area contributed by atoms with E-state index in [1.54, 1.807) is 0 Å². The van der Waals surface area contributed by atoms with Crippen molar-refractivity contribution in [1.29, 1.82) is 0 Å². The minimum atomic E-state index is 0.477. The van der Waals surface area contributed by atoms with Gasteiger partial charge in [-0.05, 0) is 65.7 Å². The molecule has 0 bridgehead atoms. The molecule has 1 saturated carbocycles. The second-order valence-corrected chi connectivity index (χ2v) is 8.91. The van der Waals surface area contributed by atoms with E-state index in [0.717, 1.165) is 18.4 Å². The van der Waals surface area contributed by atoms with Crippen molar-refractivity contribution in [3.05, 3.63) is 66.7 Å². The summed E-state index contributed by atoms with van der Waals surface area (Å²) in [5.41, 5.74) is 1.96. The minimum Gasteiger partial charge on any atom is -0.337 e. The molecule has 1 aliphatic rings. The van der Waals surface area contributed by atoms with E-state index in [1.165, 1.54) is 48.4 Å². The first-order chi connectivity index (χ1) is 12.6. The van der Waals surface area contributed by atoms with Crippen molar-refractivity contribution in [3.8, 4) is 0 Å². The summed E-state index contributed by atoms with van der Waals surface area (Å²) < 4.78 is 2.27. The van der Waals surface area contributed by atoms with E-state index >= 15 is 0 Å². The maximum absolute atomic E-state index is 4.23. The number of imidazole rings is 1. The molecule has 4 rings (SSSR count). The SMILES string of the molecule is CC1(C)CC[C@H](CCc2ccc3ccccc3c2)[C@H](Cn2ccnc2)C1. The van der Waals surface area contributed by atoms with E-state index in [4.69, 9.17) is 0 Å². The summed E-state index contributed by atoms with van der Waals surface area (Å²) in [6, 6.07) is 15.7. The Bertz CT molecular complexity index is 848. The summed E-state index contributed by atoms with van der Waals surface area (Å²) in [5, 5.41) is 2.71. The van der Waals surface area contributed by atoms with Crippen LogP contribution in [0.5, 0.6) is 0 Å². The van der Waals surface area contributed by atoms with Gasteiger partial charge in [-0.15, -0.1) is 0 Å². The zero-order valence-electron chi connectivity index (χ0n) is 16.1. The van der Waals surface area contributed by atoms with Crippen molar-refractivity contribution in [2.75, 3.05) is 0 Å². The van der Waals surface area contributed by atoms with Crippen molar-refractivity contribution in [2.45, 2.75) is 52.5 Å². The zero-order valence-corrected chi connectivity index (χ0v) is 16.1. The standard InChI is InChI=1S/C24H30N2/c1-24(2)12-11-21(23(16-24)17-26-14-13-25-18-26)10-8-19-7-9-20-5-3-4-6-22(20)15-19/h3-7,9,13-15,18,21,23H,8,10-12,16-17H2,1-2H3/t21-,23-/m0/s1. The Labute approximate surface area is 157 Å². The molecule has 0 radical (unpaired) electrons. The molecular formula is C24H30N2. The van der Waals surface area contributed by atoms with Crippen LogP contribution < -0.4 is 0 Å². The predicted octanol–water partition coefficient (Wildman–Crippen LogP) is 6.11. The minimum absolute atomic E-state index is 0.477. The Morgan fingerprint density at radius 2 is 1.92 bits per heavy atom. The van der Waals surface area contributed by atoms with E-state index in [2.05, 4.69) is 72.1 Å². The molecule has 3 aromatic rings. The number of aryl methyl sites for hydroxylation is 1. The summed E-state index contributed by atoms with van der Waals surface area (Å²) in [6.45, 7) is 5.99. The van der Waals surface area contributed by atoms with Gasteiger partial charge in [-0.1, -0.05) is 56.3 Å². The van der Waals surface area contributed by atoms with Crippen LogP contribution in [0.1, 0.15) is 45.1 Å². The lowest BCUT2D eigenvalue weighted by molar-refractivity contribution is 0.0991. The average Bonchev–Trinajstić information content (AvgIpc) is 3.13. The first-order valence-electron chi connectivity index (χ1n) is 10.0. The van der Waals surface area contributed by atoms with Gasteiger partial charge in [0.25, 0.3) is 0 Å². The lowest BCUT2D eigenvalue weighted by Gasteiger charge is -2.41. The van der Waals surface area contributed by atoms with Crippen LogP contribution in [0.2, 0.25) is 0 Å². The number of rotatable bonds is 5. The first kappa shape index (κ1) is 17.3. The highest BCUT2D eigenvalue weighted by molar-refractivity contribution is 5.82. The van der Waals surface area contributed by atoms with Crippen molar-refractivity contribution < 1.29 is 0 Å². The molecule has 2 heteroatoms. The Hall–Kier alpha value is -2.09. The number of fused-ring (bicyclic) bond motifs is 1. The third-order valence-corrected chi connectivity index (χ3v) is 6.30. The van der Waals surface area contributed by atoms with Gasteiger partial charge >= 0.3 is 0 Å². The van der Waals surface area contributed by atoms with Crippen LogP contribution in [-0.2, 0) is 13.0 Å². The van der Waals surface area contributed by atoms with Gasteiger partial charge in [0.1, 0.15) is 0 Å². The van der Waals surface area contributed by atoms with Gasteiger partial charge in [0, 0.05) is 18.9 Å². The molecule has 0 saturated heterocycles. The second-order valence-electron chi connectivity index (χ2n) is 8.91. The molecule has 136 valence electrons. The predicted molar refractivity (Wildman–Crippen MR) is 109 cm³/mol. The Morgan fingerprint density at radius 1 is 1.08 bits per heavy atom. The number of benzene rings is 2. The summed E-state index contributed by atoms with van der Waals surface area (Å²) in [4.78, 5) is 4.23. The van der Waals surface area contributed by atoms with Crippen molar-refractivity contribution in [2.24, 2.45) is 17.3 Å². The van der Waals surface area contributed by atoms with E-state index in [0.29, 0.717) is 5.41 Å². The topological polar surface area (TPSA) is 17.8 Å². The third-order valence-electron chi connectivity index (χ3n) is 6.30. The van der Waals surface area contributed by atoms with Gasteiger partial charge in [0.05, 0.1) is 6.33 Å². The number of hydrogen-bond acceptors (Lipinski definition) is 1. The Balaban J connectivity index is 1.45. The number of nitrogens with zero attached hydrogens (tertiary/aromatic N) is 2. The molecule has 0 unspecified atom stereocenters. The van der Waals surface area contributed by atoms with Crippen molar-refractivity contribution in [1.82, 2.24) is 9.55 Å². The monoisotopic (exact) mass is 346 g/mol. The molecule has 1 aliphatic carbocycles. The Morgan fingerprint density at radius 3 is 2.73 bits per heavy atom. The lowest BCUT2D eigenvalue weighted by Crippen LogP contribution is -2.32. The van der Waals surface area contributed by atoms with Gasteiger partial charge in [-0.3, -0.25) is 0 Å². The summed E-state index contributed by atoms with van der Waals surface area (Å²) in [5.74, 6) is 1.57. The molecular weight excluding hydrogens is 316 g/mol. The highest BCUT2D eigenvalue weighted by Crippen LogP contribution is 2.44. The van der Waals surface area contributed by atoms with Crippen LogP contribution in [0.15, 0.2) is 61.2 Å². The number of aromatic nitrogens is 2. The van der Waals surface area contributed by atoms with Crippen LogP contribution in [0, 0.1) is 17.3 Å². The molecule has 1 heterocycles. The fourth-order valence-corrected chi connectivity index (χ4v) is 4.80. The Kier molecular flexibility index (Phi) is 4.84. The molecule has 1 aromatic heterocycles. The third kappa shape index (κ3) is 4.00. The van der Waals surface area contributed by atoms with Crippen LogP contribution in [-0.4, -0.2) is 9.55 Å². The van der Waals surface area contributed by atoms with Crippen molar-refractivity contribution in [3.63, 3.8) is 0 Å². The van der Waals surface area contributed by atoms with Gasteiger partial charge in [0.2, 0.25) is 0 Å². The highest BCUT2D eigenvalue weighted by atomic mass is 15.0. The average molecular weight is 347 g/mol. The lowest BCUT2D eigenvalue weighted by atomic mass is 9.66.